The Morgan fingerprint density at radius 2 is 1.91 bits per heavy atom. The van der Waals surface area contributed by atoms with E-state index in [0.29, 0.717) is 22.9 Å². The third kappa shape index (κ3) is 3.76. The zero-order valence-electron chi connectivity index (χ0n) is 11.9. The SMILES string of the molecule is O=c1ccc(Cc2ccc(F)c(Oc3ccccc3Cl)c2)n[nH]1. The molecule has 4 nitrogen and oxygen atoms in total. The van der Waals surface area contributed by atoms with E-state index in [2.05, 4.69) is 10.2 Å². The van der Waals surface area contributed by atoms with E-state index in [4.69, 9.17) is 16.3 Å². The number of rotatable bonds is 4. The lowest BCUT2D eigenvalue weighted by atomic mass is 10.1. The van der Waals surface area contributed by atoms with Crippen LogP contribution in [0.1, 0.15) is 11.3 Å². The Labute approximate surface area is 136 Å². The van der Waals surface area contributed by atoms with Gasteiger partial charge in [-0.3, -0.25) is 4.79 Å². The molecule has 0 aliphatic carbocycles. The number of halogens is 2. The molecule has 0 spiro atoms. The van der Waals surface area contributed by atoms with E-state index in [1.54, 1.807) is 42.5 Å². The summed E-state index contributed by atoms with van der Waals surface area (Å²) in [6.07, 6.45) is 0.440. The fraction of sp³-hybridized carbons (Fsp3) is 0.0588. The van der Waals surface area contributed by atoms with Crippen LogP contribution in [0, 0.1) is 5.82 Å². The van der Waals surface area contributed by atoms with Gasteiger partial charge in [-0.25, -0.2) is 9.49 Å². The van der Waals surface area contributed by atoms with Gasteiger partial charge in [-0.15, -0.1) is 0 Å². The van der Waals surface area contributed by atoms with Crippen LogP contribution in [-0.4, -0.2) is 10.2 Å². The van der Waals surface area contributed by atoms with E-state index in [-0.39, 0.29) is 11.3 Å². The average molecular weight is 331 g/mol. The number of H-pyrrole nitrogens is 1. The number of ether oxygens (including phenoxy) is 1. The van der Waals surface area contributed by atoms with Crippen molar-refractivity contribution in [3.63, 3.8) is 0 Å². The van der Waals surface area contributed by atoms with E-state index < -0.39 is 5.82 Å². The van der Waals surface area contributed by atoms with Gasteiger partial charge in [-0.05, 0) is 35.9 Å². The van der Waals surface area contributed by atoms with Crippen molar-refractivity contribution in [1.82, 2.24) is 10.2 Å². The number of para-hydroxylation sites is 1. The number of nitrogens with one attached hydrogen (secondary N) is 1. The first-order valence-electron chi connectivity index (χ1n) is 6.87. The third-order valence-corrected chi connectivity index (χ3v) is 3.49. The lowest BCUT2D eigenvalue weighted by molar-refractivity contribution is 0.442. The maximum atomic E-state index is 13.9. The van der Waals surface area contributed by atoms with Crippen LogP contribution >= 0.6 is 11.6 Å². The first kappa shape index (κ1) is 15.2. The molecule has 0 saturated carbocycles. The number of aromatic nitrogens is 2. The quantitative estimate of drug-likeness (QED) is 0.788. The summed E-state index contributed by atoms with van der Waals surface area (Å²) < 4.78 is 19.5. The van der Waals surface area contributed by atoms with Crippen molar-refractivity contribution in [3.8, 4) is 11.5 Å². The molecular formula is C17H12ClFN2O2. The average Bonchev–Trinajstić information content (AvgIpc) is 2.55. The van der Waals surface area contributed by atoms with Crippen molar-refractivity contribution in [3.05, 3.63) is 87.0 Å². The highest BCUT2D eigenvalue weighted by Gasteiger charge is 2.09. The van der Waals surface area contributed by atoms with Crippen molar-refractivity contribution in [2.45, 2.75) is 6.42 Å². The number of aromatic amines is 1. The largest absolute Gasteiger partial charge is 0.453 e. The van der Waals surface area contributed by atoms with Gasteiger partial charge in [0.1, 0.15) is 5.75 Å². The fourth-order valence-electron chi connectivity index (χ4n) is 2.06. The smallest absolute Gasteiger partial charge is 0.264 e. The second kappa shape index (κ2) is 6.62. The Kier molecular flexibility index (Phi) is 4.39. The molecule has 116 valence electrons. The maximum Gasteiger partial charge on any atom is 0.264 e. The molecular weight excluding hydrogens is 319 g/mol. The van der Waals surface area contributed by atoms with Crippen molar-refractivity contribution in [2.24, 2.45) is 0 Å². The van der Waals surface area contributed by atoms with Gasteiger partial charge in [-0.2, -0.15) is 5.10 Å². The molecule has 1 N–H and O–H groups in total. The molecule has 0 saturated heterocycles. The van der Waals surface area contributed by atoms with Crippen LogP contribution in [0.2, 0.25) is 5.02 Å². The first-order chi connectivity index (χ1) is 11.1. The minimum Gasteiger partial charge on any atom is -0.453 e. The Morgan fingerprint density at radius 3 is 2.65 bits per heavy atom. The monoisotopic (exact) mass is 330 g/mol. The zero-order chi connectivity index (χ0) is 16.2. The van der Waals surface area contributed by atoms with Crippen LogP contribution in [0.25, 0.3) is 0 Å². The predicted octanol–water partition coefficient (Wildman–Crippen LogP) is 3.95. The summed E-state index contributed by atoms with van der Waals surface area (Å²) in [4.78, 5) is 11.0. The van der Waals surface area contributed by atoms with Crippen LogP contribution in [-0.2, 0) is 6.42 Å². The number of hydrogen-bond donors (Lipinski definition) is 1. The molecule has 0 atom stereocenters. The summed E-state index contributed by atoms with van der Waals surface area (Å²) >= 11 is 6.02. The molecule has 2 aromatic carbocycles. The summed E-state index contributed by atoms with van der Waals surface area (Å²) in [6, 6.07) is 14.4. The normalized spacial score (nSPS) is 10.5. The number of nitrogens with zero attached hydrogens (tertiary/aromatic N) is 1. The Hall–Kier alpha value is -2.66. The Balaban J connectivity index is 1.85. The first-order valence-corrected chi connectivity index (χ1v) is 7.25. The molecule has 23 heavy (non-hydrogen) atoms. The second-order valence-corrected chi connectivity index (χ2v) is 5.29. The highest BCUT2D eigenvalue weighted by Crippen LogP contribution is 2.31. The maximum absolute atomic E-state index is 13.9. The van der Waals surface area contributed by atoms with Gasteiger partial charge in [0.2, 0.25) is 0 Å². The molecule has 0 aliphatic heterocycles. The molecule has 3 aromatic rings. The highest BCUT2D eigenvalue weighted by molar-refractivity contribution is 6.32. The molecule has 0 bridgehead atoms. The standard InChI is InChI=1S/C17H12ClFN2O2/c18-13-3-1-2-4-15(13)23-16-10-11(5-7-14(16)19)9-12-6-8-17(22)21-20-12/h1-8,10H,9H2,(H,21,22). The minimum atomic E-state index is -0.483. The summed E-state index contributed by atoms with van der Waals surface area (Å²) in [6.45, 7) is 0. The van der Waals surface area contributed by atoms with E-state index >= 15 is 0 Å². The number of hydrogen-bond acceptors (Lipinski definition) is 3. The fourth-order valence-corrected chi connectivity index (χ4v) is 2.24. The lowest BCUT2D eigenvalue weighted by Crippen LogP contribution is -2.07. The van der Waals surface area contributed by atoms with Gasteiger partial charge in [0.05, 0.1) is 10.7 Å². The summed E-state index contributed by atoms with van der Waals surface area (Å²) in [5.74, 6) is -0.0181. The summed E-state index contributed by atoms with van der Waals surface area (Å²) in [5.41, 5.74) is 1.20. The van der Waals surface area contributed by atoms with Crippen molar-refractivity contribution < 1.29 is 9.13 Å². The lowest BCUT2D eigenvalue weighted by Gasteiger charge is -2.10. The van der Waals surface area contributed by atoms with Crippen LogP contribution in [0.15, 0.2) is 59.4 Å². The van der Waals surface area contributed by atoms with E-state index in [0.717, 1.165) is 5.56 Å². The van der Waals surface area contributed by atoms with Crippen molar-refractivity contribution in [1.29, 1.82) is 0 Å². The topological polar surface area (TPSA) is 55.0 Å². The minimum absolute atomic E-state index is 0.0834. The molecule has 0 amide bonds. The van der Waals surface area contributed by atoms with Gasteiger partial charge in [0.25, 0.3) is 5.56 Å². The Bertz CT molecular complexity index is 875. The van der Waals surface area contributed by atoms with Gasteiger partial charge < -0.3 is 4.74 Å². The summed E-state index contributed by atoms with van der Waals surface area (Å²) in [7, 11) is 0. The van der Waals surface area contributed by atoms with Crippen LogP contribution < -0.4 is 10.3 Å². The van der Waals surface area contributed by atoms with Gasteiger partial charge in [-0.1, -0.05) is 29.8 Å². The predicted molar refractivity (Wildman–Crippen MR) is 85.6 cm³/mol. The van der Waals surface area contributed by atoms with E-state index in [1.165, 1.54) is 12.1 Å². The van der Waals surface area contributed by atoms with Crippen molar-refractivity contribution >= 4 is 11.6 Å². The van der Waals surface area contributed by atoms with Gasteiger partial charge >= 0.3 is 0 Å². The molecule has 0 fully saturated rings. The van der Waals surface area contributed by atoms with Gasteiger partial charge in [0, 0.05) is 12.5 Å². The van der Waals surface area contributed by atoms with Crippen LogP contribution in [0.4, 0.5) is 4.39 Å². The van der Waals surface area contributed by atoms with Gasteiger partial charge in [0.15, 0.2) is 11.6 Å². The molecule has 0 aliphatic rings. The zero-order valence-corrected chi connectivity index (χ0v) is 12.7. The van der Waals surface area contributed by atoms with Crippen LogP contribution in [0.3, 0.4) is 0 Å². The molecule has 1 aromatic heterocycles. The van der Waals surface area contributed by atoms with Crippen LogP contribution in [0.5, 0.6) is 11.5 Å². The summed E-state index contributed by atoms with van der Waals surface area (Å²) in [5, 5.41) is 6.70. The van der Waals surface area contributed by atoms with Crippen molar-refractivity contribution in [2.75, 3.05) is 0 Å². The molecule has 6 heteroatoms. The number of benzene rings is 2. The molecule has 1 heterocycles. The molecule has 0 radical (unpaired) electrons. The molecule has 3 rings (SSSR count). The highest BCUT2D eigenvalue weighted by atomic mass is 35.5. The molecule has 0 unspecified atom stereocenters. The Morgan fingerprint density at radius 1 is 1.09 bits per heavy atom. The second-order valence-electron chi connectivity index (χ2n) is 4.89. The van der Waals surface area contributed by atoms with E-state index in [9.17, 15) is 9.18 Å². The van der Waals surface area contributed by atoms with E-state index in [1.807, 2.05) is 0 Å². The third-order valence-electron chi connectivity index (χ3n) is 3.17.